The molecule has 1 fully saturated rings. The summed E-state index contributed by atoms with van der Waals surface area (Å²) in [6.07, 6.45) is 2.18. The van der Waals surface area contributed by atoms with Crippen LogP contribution >= 0.6 is 0 Å². The van der Waals surface area contributed by atoms with Gasteiger partial charge in [0, 0.05) is 20.0 Å². The van der Waals surface area contributed by atoms with Gasteiger partial charge >= 0.3 is 5.97 Å². The maximum Gasteiger partial charge on any atom is 0.326 e. The van der Waals surface area contributed by atoms with E-state index in [2.05, 4.69) is 5.32 Å². The second-order valence-corrected chi connectivity index (χ2v) is 3.46. The molecule has 1 amide bonds. The van der Waals surface area contributed by atoms with Crippen LogP contribution in [0.3, 0.4) is 0 Å². The molecule has 0 aromatic carbocycles. The Labute approximate surface area is 82.4 Å². The fourth-order valence-corrected chi connectivity index (χ4v) is 1.56. The fraction of sp³-hybridized carbons (Fsp3) is 0.778. The number of hydrogen-bond donors (Lipinski definition) is 2. The number of carboxylic acid groups (broad SMARTS) is 1. The number of hydrogen-bond acceptors (Lipinski definition) is 3. The maximum atomic E-state index is 10.8. The first-order valence-corrected chi connectivity index (χ1v) is 4.71. The molecule has 0 aromatic heterocycles. The van der Waals surface area contributed by atoms with E-state index >= 15 is 0 Å². The van der Waals surface area contributed by atoms with Gasteiger partial charge in [-0.1, -0.05) is 0 Å². The molecule has 1 aliphatic heterocycles. The van der Waals surface area contributed by atoms with Crippen LogP contribution in [0.1, 0.15) is 26.2 Å². The van der Waals surface area contributed by atoms with Crippen molar-refractivity contribution in [2.75, 3.05) is 6.61 Å². The Hall–Kier alpha value is -1.10. The SMILES string of the molecule is CC(=O)NC(CC1CCCO1)C(=O)O. The van der Waals surface area contributed by atoms with Crippen molar-refractivity contribution in [3.8, 4) is 0 Å². The number of rotatable bonds is 4. The fourth-order valence-electron chi connectivity index (χ4n) is 1.56. The summed E-state index contributed by atoms with van der Waals surface area (Å²) < 4.78 is 5.30. The number of carbonyl (C=O) groups is 2. The van der Waals surface area contributed by atoms with Gasteiger partial charge in [-0.2, -0.15) is 0 Å². The van der Waals surface area contributed by atoms with E-state index in [0.717, 1.165) is 12.8 Å². The highest BCUT2D eigenvalue weighted by Gasteiger charge is 2.25. The van der Waals surface area contributed by atoms with Crippen molar-refractivity contribution in [3.63, 3.8) is 0 Å². The Balaban J connectivity index is 2.41. The Bertz CT molecular complexity index is 223. The van der Waals surface area contributed by atoms with Crippen molar-refractivity contribution in [2.45, 2.75) is 38.3 Å². The van der Waals surface area contributed by atoms with Crippen molar-refractivity contribution < 1.29 is 19.4 Å². The molecule has 0 aromatic rings. The summed E-state index contributed by atoms with van der Waals surface area (Å²) in [6.45, 7) is 2.00. The minimum Gasteiger partial charge on any atom is -0.480 e. The van der Waals surface area contributed by atoms with Crippen LogP contribution in [0.5, 0.6) is 0 Å². The summed E-state index contributed by atoms with van der Waals surface area (Å²) in [6, 6.07) is -0.824. The first-order valence-electron chi connectivity index (χ1n) is 4.71. The van der Waals surface area contributed by atoms with E-state index in [1.54, 1.807) is 0 Å². The first-order chi connectivity index (χ1) is 6.59. The zero-order valence-corrected chi connectivity index (χ0v) is 8.16. The standard InChI is InChI=1S/C9H15NO4/c1-6(11)10-8(9(12)13)5-7-3-2-4-14-7/h7-8H,2-5H2,1H3,(H,10,11)(H,12,13). The highest BCUT2D eigenvalue weighted by Crippen LogP contribution is 2.16. The van der Waals surface area contributed by atoms with Crippen LogP contribution in [0.4, 0.5) is 0 Å². The van der Waals surface area contributed by atoms with Gasteiger partial charge in [0.2, 0.25) is 5.91 Å². The minimum atomic E-state index is -1.00. The summed E-state index contributed by atoms with van der Waals surface area (Å²) in [5.41, 5.74) is 0. The van der Waals surface area contributed by atoms with Gasteiger partial charge in [0.25, 0.3) is 0 Å². The summed E-state index contributed by atoms with van der Waals surface area (Å²) in [5.74, 6) is -1.33. The van der Waals surface area contributed by atoms with Gasteiger partial charge in [-0.05, 0) is 12.8 Å². The van der Waals surface area contributed by atoms with Crippen LogP contribution in [0.25, 0.3) is 0 Å². The third kappa shape index (κ3) is 3.33. The average molecular weight is 201 g/mol. The Morgan fingerprint density at radius 3 is 2.79 bits per heavy atom. The lowest BCUT2D eigenvalue weighted by molar-refractivity contribution is -0.142. The van der Waals surface area contributed by atoms with Crippen LogP contribution in [-0.4, -0.2) is 35.7 Å². The van der Waals surface area contributed by atoms with Crippen molar-refractivity contribution >= 4 is 11.9 Å². The van der Waals surface area contributed by atoms with Crippen LogP contribution < -0.4 is 5.32 Å². The average Bonchev–Trinajstić information content (AvgIpc) is 2.54. The highest BCUT2D eigenvalue weighted by molar-refractivity contribution is 5.82. The van der Waals surface area contributed by atoms with E-state index in [9.17, 15) is 9.59 Å². The van der Waals surface area contributed by atoms with E-state index in [1.165, 1.54) is 6.92 Å². The normalized spacial score (nSPS) is 23.1. The molecular formula is C9H15NO4. The molecule has 1 aliphatic rings. The molecule has 1 saturated heterocycles. The largest absolute Gasteiger partial charge is 0.480 e. The molecule has 1 rings (SSSR count). The van der Waals surface area contributed by atoms with E-state index < -0.39 is 12.0 Å². The topological polar surface area (TPSA) is 75.6 Å². The molecular weight excluding hydrogens is 186 g/mol. The lowest BCUT2D eigenvalue weighted by Crippen LogP contribution is -2.41. The number of amides is 1. The zero-order chi connectivity index (χ0) is 10.6. The van der Waals surface area contributed by atoms with E-state index in [4.69, 9.17) is 9.84 Å². The van der Waals surface area contributed by atoms with Gasteiger partial charge in [-0.25, -0.2) is 4.79 Å². The summed E-state index contributed by atoms with van der Waals surface area (Å²) >= 11 is 0. The van der Waals surface area contributed by atoms with Crippen molar-refractivity contribution in [3.05, 3.63) is 0 Å². The number of ether oxygens (including phenoxy) is 1. The van der Waals surface area contributed by atoms with Gasteiger partial charge in [-0.3, -0.25) is 4.79 Å². The Morgan fingerprint density at radius 2 is 2.36 bits per heavy atom. The highest BCUT2D eigenvalue weighted by atomic mass is 16.5. The Morgan fingerprint density at radius 1 is 1.64 bits per heavy atom. The summed E-state index contributed by atoms with van der Waals surface area (Å²) in [4.78, 5) is 21.5. The molecule has 2 N–H and O–H groups in total. The molecule has 5 nitrogen and oxygen atoms in total. The second-order valence-electron chi connectivity index (χ2n) is 3.46. The van der Waals surface area contributed by atoms with Crippen molar-refractivity contribution in [2.24, 2.45) is 0 Å². The van der Waals surface area contributed by atoms with Gasteiger partial charge in [0.1, 0.15) is 6.04 Å². The van der Waals surface area contributed by atoms with Gasteiger partial charge in [0.15, 0.2) is 0 Å². The number of carboxylic acids is 1. The van der Waals surface area contributed by atoms with Crippen molar-refractivity contribution in [1.82, 2.24) is 5.32 Å². The predicted octanol–water partition coefficient (Wildman–Crippen LogP) is 0.145. The Kier molecular flexibility index (Phi) is 3.88. The van der Waals surface area contributed by atoms with Crippen LogP contribution in [0.15, 0.2) is 0 Å². The molecule has 1 heterocycles. The molecule has 5 heteroatoms. The van der Waals surface area contributed by atoms with Crippen molar-refractivity contribution in [1.29, 1.82) is 0 Å². The van der Waals surface area contributed by atoms with Gasteiger partial charge in [-0.15, -0.1) is 0 Å². The van der Waals surface area contributed by atoms with Crippen LogP contribution in [-0.2, 0) is 14.3 Å². The summed E-state index contributed by atoms with van der Waals surface area (Å²) in [7, 11) is 0. The smallest absolute Gasteiger partial charge is 0.326 e. The van der Waals surface area contributed by atoms with E-state index in [0.29, 0.717) is 13.0 Å². The molecule has 14 heavy (non-hydrogen) atoms. The molecule has 0 radical (unpaired) electrons. The lowest BCUT2D eigenvalue weighted by atomic mass is 10.1. The summed E-state index contributed by atoms with van der Waals surface area (Å²) in [5, 5.41) is 11.2. The number of carbonyl (C=O) groups excluding carboxylic acids is 1. The van der Waals surface area contributed by atoms with Crippen LogP contribution in [0.2, 0.25) is 0 Å². The zero-order valence-electron chi connectivity index (χ0n) is 8.16. The molecule has 0 saturated carbocycles. The van der Waals surface area contributed by atoms with Gasteiger partial charge in [0.05, 0.1) is 6.10 Å². The minimum absolute atomic E-state index is 0.0250. The maximum absolute atomic E-state index is 10.8. The molecule has 0 aliphatic carbocycles. The quantitative estimate of drug-likeness (QED) is 0.678. The van der Waals surface area contributed by atoms with E-state index in [1.807, 2.05) is 0 Å². The molecule has 0 spiro atoms. The van der Waals surface area contributed by atoms with Gasteiger partial charge < -0.3 is 15.2 Å². The predicted molar refractivity (Wildman–Crippen MR) is 48.8 cm³/mol. The molecule has 2 atom stereocenters. The number of aliphatic carboxylic acids is 1. The third-order valence-corrected chi connectivity index (χ3v) is 2.20. The first kappa shape index (κ1) is 11.0. The lowest BCUT2D eigenvalue weighted by Gasteiger charge is -2.16. The number of nitrogens with one attached hydrogen (secondary N) is 1. The molecule has 0 bridgehead atoms. The molecule has 80 valence electrons. The van der Waals surface area contributed by atoms with E-state index in [-0.39, 0.29) is 12.0 Å². The van der Waals surface area contributed by atoms with Crippen LogP contribution in [0, 0.1) is 0 Å². The monoisotopic (exact) mass is 201 g/mol. The second kappa shape index (κ2) is 4.95. The molecule has 2 unspecified atom stereocenters. The third-order valence-electron chi connectivity index (χ3n) is 2.20.